The molecule has 0 amide bonds. The van der Waals surface area contributed by atoms with Crippen molar-refractivity contribution in [3.63, 3.8) is 0 Å². The zero-order valence-electron chi connectivity index (χ0n) is 12.0. The van der Waals surface area contributed by atoms with Gasteiger partial charge in [-0.15, -0.1) is 0 Å². The van der Waals surface area contributed by atoms with Crippen LogP contribution in [0.5, 0.6) is 0 Å². The van der Waals surface area contributed by atoms with E-state index in [1.165, 1.54) is 11.8 Å². The molecule has 1 N–H and O–H groups in total. The fraction of sp³-hybridized carbons (Fsp3) is 0.600. The van der Waals surface area contributed by atoms with Gasteiger partial charge in [-0.2, -0.15) is 0 Å². The van der Waals surface area contributed by atoms with Crippen LogP contribution in [0.2, 0.25) is 0 Å². The van der Waals surface area contributed by atoms with E-state index in [1.54, 1.807) is 0 Å². The summed E-state index contributed by atoms with van der Waals surface area (Å²) in [4.78, 5) is 0. The minimum absolute atomic E-state index is 0.177. The first-order chi connectivity index (χ1) is 9.36. The van der Waals surface area contributed by atoms with Crippen LogP contribution in [0.1, 0.15) is 44.2 Å². The molecule has 3 atom stereocenters. The van der Waals surface area contributed by atoms with Gasteiger partial charge in [0.25, 0.3) is 0 Å². The third kappa shape index (κ3) is 4.30. The second kappa shape index (κ2) is 6.58. The molecule has 2 rings (SSSR count). The van der Waals surface area contributed by atoms with Crippen LogP contribution in [-0.4, -0.2) is 26.0 Å². The summed E-state index contributed by atoms with van der Waals surface area (Å²) in [5, 5.41) is 3.40. The Morgan fingerprint density at radius 3 is 2.75 bits per heavy atom. The molecule has 1 aliphatic carbocycles. The van der Waals surface area contributed by atoms with Crippen LogP contribution >= 0.6 is 15.9 Å². The normalized spacial score (nSPS) is 25.4. The Hall–Kier alpha value is -0.390. The molecule has 3 unspecified atom stereocenters. The molecule has 1 saturated carbocycles. The molecule has 0 heterocycles. The van der Waals surface area contributed by atoms with Crippen LogP contribution in [0, 0.1) is 0 Å². The molecule has 1 fully saturated rings. The van der Waals surface area contributed by atoms with E-state index < -0.39 is 9.84 Å². The van der Waals surface area contributed by atoms with Crippen molar-refractivity contribution < 1.29 is 8.42 Å². The molecule has 3 nitrogen and oxygen atoms in total. The van der Waals surface area contributed by atoms with Crippen molar-refractivity contribution in [2.45, 2.75) is 49.9 Å². The molecule has 112 valence electrons. The fourth-order valence-electron chi connectivity index (χ4n) is 2.91. The predicted octanol–water partition coefficient (Wildman–Crippen LogP) is 3.46. The molecule has 0 bridgehead atoms. The van der Waals surface area contributed by atoms with Crippen LogP contribution in [0.25, 0.3) is 0 Å². The molecule has 0 spiro atoms. The third-order valence-corrected chi connectivity index (χ3v) is 6.20. The van der Waals surface area contributed by atoms with Gasteiger partial charge in [0.2, 0.25) is 0 Å². The summed E-state index contributed by atoms with van der Waals surface area (Å²) in [7, 11) is -2.91. The van der Waals surface area contributed by atoms with E-state index in [-0.39, 0.29) is 17.3 Å². The lowest BCUT2D eigenvalue weighted by molar-refractivity contribution is 0.346. The van der Waals surface area contributed by atoms with Gasteiger partial charge in [-0.25, -0.2) is 8.42 Å². The van der Waals surface area contributed by atoms with Crippen LogP contribution in [-0.2, 0) is 9.84 Å². The topological polar surface area (TPSA) is 46.2 Å². The molecule has 0 saturated heterocycles. The lowest BCUT2D eigenvalue weighted by Gasteiger charge is -2.31. The summed E-state index contributed by atoms with van der Waals surface area (Å²) in [6, 6.07) is 8.76. The Morgan fingerprint density at radius 1 is 1.35 bits per heavy atom. The van der Waals surface area contributed by atoms with E-state index in [0.29, 0.717) is 0 Å². The van der Waals surface area contributed by atoms with Gasteiger partial charge in [0.15, 0.2) is 0 Å². The van der Waals surface area contributed by atoms with Crippen LogP contribution in [0.15, 0.2) is 28.7 Å². The Balaban J connectivity index is 1.99. The van der Waals surface area contributed by atoms with Gasteiger partial charge in [-0.05, 0) is 43.9 Å². The lowest BCUT2D eigenvalue weighted by Crippen LogP contribution is -2.39. The number of hydrogen-bond acceptors (Lipinski definition) is 3. The van der Waals surface area contributed by atoms with Gasteiger partial charge < -0.3 is 5.32 Å². The van der Waals surface area contributed by atoms with Crippen molar-refractivity contribution >= 4 is 25.8 Å². The molecule has 0 aliphatic heterocycles. The maximum atomic E-state index is 11.7. The lowest BCUT2D eigenvalue weighted by atomic mass is 9.93. The van der Waals surface area contributed by atoms with Crippen molar-refractivity contribution in [2.24, 2.45) is 0 Å². The fourth-order valence-corrected chi connectivity index (χ4v) is 4.50. The molecule has 1 aromatic carbocycles. The molecule has 0 aromatic heterocycles. The molecular weight excluding hydrogens is 338 g/mol. The average Bonchev–Trinajstić information content (AvgIpc) is 2.38. The second-order valence-corrected chi connectivity index (χ2v) is 9.00. The largest absolute Gasteiger partial charge is 0.307 e. The maximum Gasteiger partial charge on any atom is 0.150 e. The first kappa shape index (κ1) is 16.0. The van der Waals surface area contributed by atoms with Crippen LogP contribution < -0.4 is 5.32 Å². The molecule has 1 aromatic rings. The summed E-state index contributed by atoms with van der Waals surface area (Å²) in [5.41, 5.74) is 1.22. The quantitative estimate of drug-likeness (QED) is 0.895. The smallest absolute Gasteiger partial charge is 0.150 e. The summed E-state index contributed by atoms with van der Waals surface area (Å²) >= 11 is 3.48. The molecule has 1 aliphatic rings. The van der Waals surface area contributed by atoms with E-state index in [4.69, 9.17) is 0 Å². The highest BCUT2D eigenvalue weighted by atomic mass is 79.9. The first-order valence-corrected chi connectivity index (χ1v) is 9.81. The number of nitrogens with one attached hydrogen (secondary N) is 1. The van der Waals surface area contributed by atoms with Gasteiger partial charge in [-0.1, -0.05) is 34.5 Å². The van der Waals surface area contributed by atoms with E-state index in [2.05, 4.69) is 40.3 Å². The second-order valence-electron chi connectivity index (χ2n) is 5.76. The molecular formula is C15H22BrNO2S. The van der Waals surface area contributed by atoms with Gasteiger partial charge in [-0.3, -0.25) is 0 Å². The highest BCUT2D eigenvalue weighted by Gasteiger charge is 2.29. The highest BCUT2D eigenvalue weighted by Crippen LogP contribution is 2.26. The van der Waals surface area contributed by atoms with Crippen molar-refractivity contribution in [3.8, 4) is 0 Å². The summed E-state index contributed by atoms with van der Waals surface area (Å²) in [6.45, 7) is 2.13. The van der Waals surface area contributed by atoms with Gasteiger partial charge in [0, 0.05) is 22.8 Å². The van der Waals surface area contributed by atoms with Crippen molar-refractivity contribution in [3.05, 3.63) is 34.3 Å². The van der Waals surface area contributed by atoms with Crippen LogP contribution in [0.3, 0.4) is 0 Å². The molecule has 5 heteroatoms. The van der Waals surface area contributed by atoms with Gasteiger partial charge >= 0.3 is 0 Å². The predicted molar refractivity (Wildman–Crippen MR) is 86.6 cm³/mol. The Morgan fingerprint density at radius 2 is 2.10 bits per heavy atom. The number of hydrogen-bond donors (Lipinski definition) is 1. The van der Waals surface area contributed by atoms with Gasteiger partial charge in [0.05, 0.1) is 5.25 Å². The number of benzene rings is 1. The summed E-state index contributed by atoms with van der Waals surface area (Å²) in [6.07, 6.45) is 4.95. The minimum atomic E-state index is -2.91. The van der Waals surface area contributed by atoms with E-state index in [9.17, 15) is 8.42 Å². The minimum Gasteiger partial charge on any atom is -0.307 e. The van der Waals surface area contributed by atoms with Crippen molar-refractivity contribution in [1.82, 2.24) is 5.32 Å². The monoisotopic (exact) mass is 359 g/mol. The summed E-state index contributed by atoms with van der Waals surface area (Å²) in [5.74, 6) is 0. The van der Waals surface area contributed by atoms with Crippen molar-refractivity contribution in [1.29, 1.82) is 0 Å². The first-order valence-electron chi connectivity index (χ1n) is 7.06. The third-order valence-electron chi connectivity index (χ3n) is 4.07. The maximum absolute atomic E-state index is 11.7. The Kier molecular flexibility index (Phi) is 5.26. The summed E-state index contributed by atoms with van der Waals surface area (Å²) < 4.78 is 24.5. The van der Waals surface area contributed by atoms with E-state index in [0.717, 1.165) is 30.2 Å². The zero-order valence-corrected chi connectivity index (χ0v) is 14.4. The molecule has 0 radical (unpaired) electrons. The Bertz CT molecular complexity index is 559. The number of sulfone groups is 1. The standard InChI is InChI=1S/C15H22BrNO2S/c1-11(12-5-3-6-13(16)9-12)17-14-7-4-8-15(10-14)20(2,18)19/h3,5-6,9,11,14-15,17H,4,7-8,10H2,1-2H3. The van der Waals surface area contributed by atoms with Crippen LogP contribution in [0.4, 0.5) is 0 Å². The Labute approximate surface area is 130 Å². The highest BCUT2D eigenvalue weighted by molar-refractivity contribution is 9.10. The van der Waals surface area contributed by atoms with E-state index >= 15 is 0 Å². The van der Waals surface area contributed by atoms with Crippen molar-refractivity contribution in [2.75, 3.05) is 6.26 Å². The van der Waals surface area contributed by atoms with E-state index in [1.807, 2.05) is 12.1 Å². The average molecular weight is 360 g/mol. The molecule has 20 heavy (non-hydrogen) atoms. The number of rotatable bonds is 4. The SMILES string of the molecule is CC(NC1CCCC(S(C)(=O)=O)C1)c1cccc(Br)c1. The van der Waals surface area contributed by atoms with Gasteiger partial charge in [0.1, 0.15) is 9.84 Å². The number of halogens is 1. The zero-order chi connectivity index (χ0) is 14.8.